The van der Waals surface area contributed by atoms with Gasteiger partial charge in [0.1, 0.15) is 35.4 Å². The Kier molecular flexibility index (Phi) is 24.9. The van der Waals surface area contributed by atoms with Gasteiger partial charge in [-0.1, -0.05) is 91.2 Å². The van der Waals surface area contributed by atoms with E-state index in [0.29, 0.717) is 45.6 Å². The number of nitrogens with zero attached hydrogens (tertiary/aromatic N) is 2. The fourth-order valence-electron chi connectivity index (χ4n) is 12.7. The van der Waals surface area contributed by atoms with Crippen molar-refractivity contribution in [2.45, 2.75) is 239 Å². The monoisotopic (exact) mass is 1200 g/mol. The van der Waals surface area contributed by atoms with Crippen molar-refractivity contribution >= 4 is 53.6 Å². The van der Waals surface area contributed by atoms with Gasteiger partial charge in [0.25, 0.3) is 11.8 Å². The molecule has 480 valence electrons. The lowest BCUT2D eigenvalue weighted by atomic mass is 9.97. The van der Waals surface area contributed by atoms with Crippen molar-refractivity contribution in [2.24, 2.45) is 34.5 Å². The van der Waals surface area contributed by atoms with E-state index < -0.39 is 125 Å². The number of rotatable bonds is 11. The fraction of sp³-hybridized carbons (Fsp3) is 0.790. The van der Waals surface area contributed by atoms with Gasteiger partial charge in [-0.05, 0) is 116 Å². The van der Waals surface area contributed by atoms with E-state index in [1.54, 1.807) is 55.4 Å². The molecule has 4 aliphatic heterocycles. The number of hydrogen-bond acceptors (Lipinski definition) is 15. The fourth-order valence-corrected chi connectivity index (χ4v) is 12.7. The molecule has 0 bridgehead atoms. The molecular formula is C62H102N8O15. The molecule has 0 spiro atoms. The molecule has 0 aromatic heterocycles. The van der Waals surface area contributed by atoms with Crippen LogP contribution in [-0.2, 0) is 57.2 Å². The Balaban J connectivity index is 0.000000311. The van der Waals surface area contributed by atoms with Crippen LogP contribution in [0, 0.1) is 34.5 Å². The molecule has 6 rings (SSSR count). The van der Waals surface area contributed by atoms with Gasteiger partial charge in [0.05, 0.1) is 24.3 Å². The summed E-state index contributed by atoms with van der Waals surface area (Å²) in [4.78, 5) is 123. The molecule has 0 aromatic rings. The van der Waals surface area contributed by atoms with Crippen molar-refractivity contribution in [3.63, 3.8) is 0 Å². The summed E-state index contributed by atoms with van der Waals surface area (Å²) in [6.45, 7) is 32.5. The average molecular weight is 1200 g/mol. The van der Waals surface area contributed by atoms with Gasteiger partial charge in [-0.25, -0.2) is 9.59 Å². The van der Waals surface area contributed by atoms with Gasteiger partial charge in [0.2, 0.25) is 23.6 Å². The molecule has 8 amide bonds. The molecule has 6 fully saturated rings. The number of esters is 1. The molecule has 0 radical (unpaired) electrons. The lowest BCUT2D eigenvalue weighted by molar-refractivity contribution is -0.157. The second-order valence-electron chi connectivity index (χ2n) is 27.1. The van der Waals surface area contributed by atoms with Gasteiger partial charge in [-0.3, -0.25) is 33.6 Å². The minimum Gasteiger partial charge on any atom is -0.450 e. The van der Waals surface area contributed by atoms with E-state index in [-0.39, 0.29) is 47.6 Å². The molecule has 23 heteroatoms. The van der Waals surface area contributed by atoms with Crippen molar-refractivity contribution < 1.29 is 71.9 Å². The Morgan fingerprint density at radius 1 is 0.635 bits per heavy atom. The number of hydrogen-bond donors (Lipinski definition) is 7. The highest BCUT2D eigenvalue weighted by atomic mass is 16.6. The number of ether oxygens (including phenoxy) is 5. The Morgan fingerprint density at radius 3 is 1.41 bits per heavy atom. The number of aliphatic hydroxyl groups excluding tert-OH is 1. The van der Waals surface area contributed by atoms with Crippen LogP contribution in [0.2, 0.25) is 0 Å². The maximum atomic E-state index is 14.2. The minimum absolute atomic E-state index is 0.0845. The lowest BCUT2D eigenvalue weighted by Gasteiger charge is -2.36. The first-order valence-corrected chi connectivity index (χ1v) is 30.8. The number of carbonyl (C=O) groups is 9. The van der Waals surface area contributed by atoms with Crippen LogP contribution in [0.3, 0.4) is 0 Å². The molecule has 14 atom stereocenters. The van der Waals surface area contributed by atoms with Gasteiger partial charge in [-0.2, -0.15) is 0 Å². The highest BCUT2D eigenvalue weighted by Gasteiger charge is 2.71. The normalized spacial score (nSPS) is 30.8. The molecule has 4 heterocycles. The van der Waals surface area contributed by atoms with Crippen LogP contribution in [0.4, 0.5) is 9.59 Å². The molecule has 7 N–H and O–H groups in total. The molecular weight excluding hydrogens is 1100 g/mol. The second-order valence-corrected chi connectivity index (χ2v) is 27.1. The molecule has 6 aliphatic rings. The molecule has 23 nitrogen and oxygen atoms in total. The Hall–Kier alpha value is -5.81. The summed E-state index contributed by atoms with van der Waals surface area (Å²) in [5.74, 6) is -3.45. The van der Waals surface area contributed by atoms with Crippen LogP contribution in [0.15, 0.2) is 25.3 Å². The predicted molar refractivity (Wildman–Crippen MR) is 317 cm³/mol. The number of amides is 8. The van der Waals surface area contributed by atoms with Gasteiger partial charge >= 0.3 is 18.2 Å². The molecule has 2 aliphatic carbocycles. The van der Waals surface area contributed by atoms with E-state index in [4.69, 9.17) is 23.7 Å². The van der Waals surface area contributed by atoms with Crippen LogP contribution < -0.4 is 31.9 Å². The maximum Gasteiger partial charge on any atom is 0.408 e. The molecule has 2 unspecified atom stereocenters. The average Bonchev–Trinajstić information content (AvgIpc) is 1.67. The van der Waals surface area contributed by atoms with E-state index in [9.17, 15) is 48.3 Å². The van der Waals surface area contributed by atoms with Crippen LogP contribution in [-0.4, -0.2) is 180 Å². The summed E-state index contributed by atoms with van der Waals surface area (Å²) >= 11 is 0. The molecule has 85 heavy (non-hydrogen) atoms. The van der Waals surface area contributed by atoms with Crippen LogP contribution in [0.25, 0.3) is 0 Å². The minimum atomic E-state index is -1.44. The van der Waals surface area contributed by atoms with E-state index in [0.717, 1.165) is 57.8 Å². The van der Waals surface area contributed by atoms with Gasteiger partial charge in [0.15, 0.2) is 12.2 Å². The SMILES string of the molecule is C=CCNC(=O)C(O)[C@@H]1CCCCCCCO[C@@H](C)[C@H](NC(=O)OC(C)(C)C)C(=O)N2C[C@H]3[C@@H]([C@H]2C(=O)N1)C3(C)C.C=CCNC(=O)C(OC(C)=O)[C@@H]1CCCCCCCO[C@@H](C)[C@H](NC(=O)OC(C)(C)C)C(=O)N2C[C@H]3[C@@H]([C@H]2C(=O)N1)C3(C)C. The zero-order chi connectivity index (χ0) is 63.4. The number of carbonyl (C=O) groups excluding carboxylic acids is 9. The van der Waals surface area contributed by atoms with Gasteiger partial charge in [-0.15, -0.1) is 13.2 Å². The Labute approximate surface area is 503 Å². The van der Waals surface area contributed by atoms with Crippen LogP contribution in [0.1, 0.15) is 167 Å². The van der Waals surface area contributed by atoms with Gasteiger partial charge in [0, 0.05) is 46.3 Å². The zero-order valence-electron chi connectivity index (χ0n) is 52.9. The number of nitrogens with one attached hydrogen (secondary N) is 6. The third-order valence-electron chi connectivity index (χ3n) is 17.5. The summed E-state index contributed by atoms with van der Waals surface area (Å²) in [5, 5.41) is 27.5. The standard InChI is InChI=1S/C32H52N4O8.C30H50N4O7/c1-9-16-33-28(39)26(43-20(3)37)22-15-13-11-10-12-14-17-42-19(2)24(35-30(41)44-31(4,5)6)29(40)36-18-21-23(32(21,7)8)25(36)27(38)34-22;1-8-15-31-26(37)24(35)20-14-12-10-9-11-13-16-40-18(2)22(33-28(39)41-29(3,4)5)27(38)34-17-19-21(30(19,6)7)23(34)25(36)32-20/h9,19,21-26H,1,10-18H2,2-8H3,(H,33,39)(H,34,38)(H,35,41);8,18-24,35H,1,9-17H2,2-7H3,(H,31,37)(H,32,36)(H,33,39)/t19-,21-,22-,23-,24-,25-,26?;18-,19-,20-,21-,22-,23-,24?/m00/s1. The number of fused-ring (bicyclic) bond motifs is 6. The Bertz CT molecular complexity index is 2390. The number of aliphatic hydroxyl groups is 1. The summed E-state index contributed by atoms with van der Waals surface area (Å²) in [6, 6.07) is -5.41. The predicted octanol–water partition coefficient (Wildman–Crippen LogP) is 5.11. The van der Waals surface area contributed by atoms with Crippen molar-refractivity contribution in [3.8, 4) is 0 Å². The highest BCUT2D eigenvalue weighted by Crippen LogP contribution is 2.66. The lowest BCUT2D eigenvalue weighted by Crippen LogP contribution is -2.61. The smallest absolute Gasteiger partial charge is 0.408 e. The number of alkyl carbamates (subject to hydrolysis) is 2. The summed E-state index contributed by atoms with van der Waals surface area (Å²) in [5.41, 5.74) is -1.86. The van der Waals surface area contributed by atoms with E-state index in [1.165, 1.54) is 28.9 Å². The van der Waals surface area contributed by atoms with Crippen molar-refractivity contribution in [1.29, 1.82) is 0 Å². The number of piperidine rings is 2. The summed E-state index contributed by atoms with van der Waals surface area (Å²) in [7, 11) is 0. The maximum absolute atomic E-state index is 14.2. The summed E-state index contributed by atoms with van der Waals surface area (Å²) < 4.78 is 28.4. The van der Waals surface area contributed by atoms with Crippen molar-refractivity contribution in [1.82, 2.24) is 41.7 Å². The summed E-state index contributed by atoms with van der Waals surface area (Å²) in [6.07, 6.45) is 6.63. The molecule has 4 saturated heterocycles. The largest absolute Gasteiger partial charge is 0.450 e. The van der Waals surface area contributed by atoms with E-state index >= 15 is 0 Å². The molecule has 0 aromatic carbocycles. The van der Waals surface area contributed by atoms with Gasteiger partial charge < -0.3 is 70.5 Å². The zero-order valence-corrected chi connectivity index (χ0v) is 52.9. The molecule has 2 saturated carbocycles. The third-order valence-corrected chi connectivity index (χ3v) is 17.5. The Morgan fingerprint density at radius 2 is 1.01 bits per heavy atom. The van der Waals surface area contributed by atoms with Crippen molar-refractivity contribution in [3.05, 3.63) is 25.3 Å². The van der Waals surface area contributed by atoms with E-state index in [1.807, 2.05) is 0 Å². The topological polar surface area (TPSA) is 299 Å². The second kappa shape index (κ2) is 30.2. The quantitative estimate of drug-likeness (QED) is 0.0804. The first kappa shape index (κ1) is 70.0. The third kappa shape index (κ3) is 19.1. The van der Waals surface area contributed by atoms with Crippen LogP contribution in [0.5, 0.6) is 0 Å². The first-order chi connectivity index (χ1) is 39.8. The highest BCUT2D eigenvalue weighted by molar-refractivity contribution is 5.95. The van der Waals surface area contributed by atoms with E-state index in [2.05, 4.69) is 72.8 Å². The first-order valence-electron chi connectivity index (χ1n) is 30.8. The van der Waals surface area contributed by atoms with Crippen LogP contribution >= 0.6 is 0 Å². The van der Waals surface area contributed by atoms with Crippen molar-refractivity contribution in [2.75, 3.05) is 39.4 Å².